The van der Waals surface area contributed by atoms with Crippen molar-refractivity contribution in [1.29, 1.82) is 0 Å². The number of rotatable bonds is 2. The van der Waals surface area contributed by atoms with Crippen LogP contribution < -0.4 is 9.80 Å². The van der Waals surface area contributed by atoms with E-state index in [2.05, 4.69) is 34.4 Å². The van der Waals surface area contributed by atoms with Crippen molar-refractivity contribution in [2.24, 2.45) is 5.92 Å². The number of aryl methyl sites for hydroxylation is 2. The van der Waals surface area contributed by atoms with Gasteiger partial charge < -0.3 is 9.80 Å². The van der Waals surface area contributed by atoms with Gasteiger partial charge in [-0.1, -0.05) is 6.07 Å². The SMILES string of the molecule is Cc1cc(C)c2c(c1)N(C(=O)C1CCN(c3ccc4nnc(C(F)(F)F)n4n3)CC1)CCC2. The van der Waals surface area contributed by atoms with Gasteiger partial charge >= 0.3 is 6.18 Å². The molecule has 1 fully saturated rings. The number of anilines is 2. The number of carbonyl (C=O) groups is 1. The summed E-state index contributed by atoms with van der Waals surface area (Å²) in [7, 11) is 0. The van der Waals surface area contributed by atoms with Crippen molar-refractivity contribution in [3.05, 3.63) is 46.8 Å². The first kappa shape index (κ1) is 21.7. The fourth-order valence-electron chi connectivity index (χ4n) is 5.00. The zero-order valence-corrected chi connectivity index (χ0v) is 18.6. The third-order valence-electron chi connectivity index (χ3n) is 6.63. The largest absolute Gasteiger partial charge is 0.453 e. The van der Waals surface area contributed by atoms with Gasteiger partial charge in [-0.05, 0) is 74.4 Å². The van der Waals surface area contributed by atoms with Crippen LogP contribution in [0, 0.1) is 19.8 Å². The van der Waals surface area contributed by atoms with Crippen LogP contribution in [0.4, 0.5) is 24.7 Å². The molecule has 0 atom stereocenters. The van der Waals surface area contributed by atoms with Gasteiger partial charge in [0.1, 0.15) is 5.82 Å². The van der Waals surface area contributed by atoms with E-state index < -0.39 is 12.0 Å². The van der Waals surface area contributed by atoms with E-state index in [1.165, 1.54) is 17.2 Å². The van der Waals surface area contributed by atoms with Crippen LogP contribution in [-0.2, 0) is 17.4 Å². The second kappa shape index (κ2) is 8.00. The molecule has 2 aromatic heterocycles. The highest BCUT2D eigenvalue weighted by Gasteiger charge is 2.38. The van der Waals surface area contributed by atoms with Crippen molar-refractivity contribution < 1.29 is 18.0 Å². The van der Waals surface area contributed by atoms with Crippen LogP contribution >= 0.6 is 0 Å². The Bertz CT molecular complexity index is 1210. The Morgan fingerprint density at radius 3 is 2.55 bits per heavy atom. The standard InChI is InChI=1S/C23H25F3N6O/c1-14-12-15(2)17-4-3-9-31(18(17)13-14)21(33)16-7-10-30(11-8-16)20-6-5-19-27-28-22(23(24,25)26)32(19)29-20/h5-6,12-13,16H,3-4,7-11H2,1-2H3. The van der Waals surface area contributed by atoms with Gasteiger partial charge in [-0.2, -0.15) is 17.7 Å². The number of nitrogens with zero attached hydrogens (tertiary/aromatic N) is 6. The van der Waals surface area contributed by atoms with Crippen LogP contribution in [0.1, 0.15) is 41.8 Å². The van der Waals surface area contributed by atoms with Crippen molar-refractivity contribution in [2.45, 2.75) is 45.7 Å². The topological polar surface area (TPSA) is 66.6 Å². The molecule has 0 radical (unpaired) electrons. The Labute approximate surface area is 189 Å². The summed E-state index contributed by atoms with van der Waals surface area (Å²) in [5.41, 5.74) is 4.71. The van der Waals surface area contributed by atoms with Gasteiger partial charge in [0, 0.05) is 31.2 Å². The molecular formula is C23H25F3N6O. The highest BCUT2D eigenvalue weighted by Crippen LogP contribution is 2.34. The lowest BCUT2D eigenvalue weighted by Gasteiger charge is -2.37. The number of piperidine rings is 1. The van der Waals surface area contributed by atoms with E-state index in [1.807, 2.05) is 16.7 Å². The Kier molecular flexibility index (Phi) is 5.25. The van der Waals surface area contributed by atoms with Crippen molar-refractivity contribution in [3.63, 3.8) is 0 Å². The number of alkyl halides is 3. The molecule has 4 heterocycles. The van der Waals surface area contributed by atoms with Crippen LogP contribution in [0.25, 0.3) is 5.65 Å². The van der Waals surface area contributed by atoms with E-state index in [4.69, 9.17) is 0 Å². The molecule has 0 bridgehead atoms. The average Bonchev–Trinajstić information content (AvgIpc) is 3.22. The first-order valence-corrected chi connectivity index (χ1v) is 11.2. The summed E-state index contributed by atoms with van der Waals surface area (Å²) in [4.78, 5) is 17.3. The molecule has 2 aliphatic heterocycles. The summed E-state index contributed by atoms with van der Waals surface area (Å²) >= 11 is 0. The number of halogens is 3. The third-order valence-corrected chi connectivity index (χ3v) is 6.63. The molecule has 2 aliphatic rings. The van der Waals surface area contributed by atoms with E-state index >= 15 is 0 Å². The molecular weight excluding hydrogens is 433 g/mol. The van der Waals surface area contributed by atoms with E-state index in [0.29, 0.717) is 31.7 Å². The van der Waals surface area contributed by atoms with E-state index in [0.717, 1.165) is 35.2 Å². The predicted molar refractivity (Wildman–Crippen MR) is 117 cm³/mol. The number of amides is 1. The van der Waals surface area contributed by atoms with Gasteiger partial charge in [-0.25, -0.2) is 0 Å². The van der Waals surface area contributed by atoms with Crippen LogP contribution in [0.3, 0.4) is 0 Å². The normalized spacial score (nSPS) is 17.5. The average molecular weight is 458 g/mol. The fraction of sp³-hybridized carbons (Fsp3) is 0.478. The van der Waals surface area contributed by atoms with Gasteiger partial charge in [0.25, 0.3) is 5.82 Å². The van der Waals surface area contributed by atoms with Gasteiger partial charge in [-0.3, -0.25) is 4.79 Å². The lowest BCUT2D eigenvalue weighted by atomic mass is 9.91. The first-order valence-electron chi connectivity index (χ1n) is 11.2. The molecule has 10 heteroatoms. The molecule has 5 rings (SSSR count). The van der Waals surface area contributed by atoms with Crippen molar-refractivity contribution >= 4 is 23.1 Å². The number of hydrogen-bond donors (Lipinski definition) is 0. The molecule has 0 saturated carbocycles. The summed E-state index contributed by atoms with van der Waals surface area (Å²) in [6.07, 6.45) is -1.44. The van der Waals surface area contributed by atoms with E-state index in [-0.39, 0.29) is 17.5 Å². The van der Waals surface area contributed by atoms with Crippen LogP contribution in [0.15, 0.2) is 24.3 Å². The molecule has 1 aromatic carbocycles. The van der Waals surface area contributed by atoms with Crippen molar-refractivity contribution in [2.75, 3.05) is 29.4 Å². The van der Waals surface area contributed by atoms with E-state index in [1.54, 1.807) is 6.07 Å². The lowest BCUT2D eigenvalue weighted by Crippen LogP contribution is -2.44. The number of hydrogen-bond acceptors (Lipinski definition) is 5. The fourth-order valence-corrected chi connectivity index (χ4v) is 5.00. The molecule has 7 nitrogen and oxygen atoms in total. The maximum Gasteiger partial charge on any atom is 0.453 e. The van der Waals surface area contributed by atoms with E-state index in [9.17, 15) is 18.0 Å². The minimum atomic E-state index is -4.63. The lowest BCUT2D eigenvalue weighted by molar-refractivity contribution is -0.146. The summed E-state index contributed by atoms with van der Waals surface area (Å²) in [6, 6.07) is 7.40. The third kappa shape index (κ3) is 3.91. The molecule has 33 heavy (non-hydrogen) atoms. The Balaban J connectivity index is 1.32. The van der Waals surface area contributed by atoms with Crippen LogP contribution in [0.2, 0.25) is 0 Å². The Morgan fingerprint density at radius 1 is 1.06 bits per heavy atom. The number of carbonyl (C=O) groups excluding carboxylic acids is 1. The molecule has 174 valence electrons. The minimum absolute atomic E-state index is 0.0467. The zero-order valence-electron chi connectivity index (χ0n) is 18.6. The molecule has 0 aliphatic carbocycles. The summed E-state index contributed by atoms with van der Waals surface area (Å²) in [6.45, 7) is 5.97. The van der Waals surface area contributed by atoms with Gasteiger partial charge in [-0.15, -0.1) is 15.3 Å². The van der Waals surface area contributed by atoms with Gasteiger partial charge in [0.05, 0.1) is 0 Å². The Hall–Kier alpha value is -3.17. The molecule has 0 spiro atoms. The summed E-state index contributed by atoms with van der Waals surface area (Å²) in [5, 5.41) is 10.9. The quantitative estimate of drug-likeness (QED) is 0.582. The highest BCUT2D eigenvalue weighted by molar-refractivity contribution is 5.96. The van der Waals surface area contributed by atoms with Crippen LogP contribution in [-0.4, -0.2) is 45.4 Å². The molecule has 3 aromatic rings. The molecule has 0 unspecified atom stereocenters. The Morgan fingerprint density at radius 2 is 1.82 bits per heavy atom. The van der Waals surface area contributed by atoms with Crippen molar-refractivity contribution in [1.82, 2.24) is 19.8 Å². The first-order chi connectivity index (χ1) is 15.7. The van der Waals surface area contributed by atoms with Crippen LogP contribution in [0.5, 0.6) is 0 Å². The smallest absolute Gasteiger partial charge is 0.355 e. The number of fused-ring (bicyclic) bond motifs is 2. The number of aromatic nitrogens is 4. The maximum atomic E-state index is 13.4. The molecule has 1 saturated heterocycles. The second-order valence-electron chi connectivity index (χ2n) is 8.92. The molecule has 1 amide bonds. The van der Waals surface area contributed by atoms with Gasteiger partial charge in [0.2, 0.25) is 5.91 Å². The summed E-state index contributed by atoms with van der Waals surface area (Å²) < 4.78 is 40.3. The predicted octanol–water partition coefficient (Wildman–Crippen LogP) is 3.96. The monoisotopic (exact) mass is 458 g/mol. The number of benzene rings is 1. The zero-order chi connectivity index (χ0) is 23.3. The highest BCUT2D eigenvalue weighted by atomic mass is 19.4. The minimum Gasteiger partial charge on any atom is -0.355 e. The second-order valence-corrected chi connectivity index (χ2v) is 8.92. The summed E-state index contributed by atoms with van der Waals surface area (Å²) in [5.74, 6) is -0.688. The molecule has 0 N–H and O–H groups in total. The van der Waals surface area contributed by atoms with Crippen molar-refractivity contribution in [3.8, 4) is 0 Å². The maximum absolute atomic E-state index is 13.4. The van der Waals surface area contributed by atoms with Gasteiger partial charge in [0.15, 0.2) is 5.65 Å².